The number of rotatable bonds is 3. The van der Waals surface area contributed by atoms with E-state index >= 15 is 0 Å². The summed E-state index contributed by atoms with van der Waals surface area (Å²) >= 11 is 0. The molecular weight excluding hydrogens is 258 g/mol. The minimum absolute atomic E-state index is 0.0484. The molecule has 1 aliphatic rings. The first kappa shape index (κ1) is 14.5. The number of ether oxygens (including phenoxy) is 1. The van der Waals surface area contributed by atoms with E-state index in [2.05, 4.69) is 16.5 Å². The highest BCUT2D eigenvalue weighted by Crippen LogP contribution is 2.30. The third kappa shape index (κ3) is 2.96. The Morgan fingerprint density at radius 3 is 2.90 bits per heavy atom. The zero-order chi connectivity index (χ0) is 14.7. The van der Waals surface area contributed by atoms with Gasteiger partial charge in [0.15, 0.2) is 0 Å². The van der Waals surface area contributed by atoms with Crippen LogP contribution in [0.5, 0.6) is 0 Å². The number of allylic oxidation sites excluding steroid dienone is 1. The predicted molar refractivity (Wildman–Crippen MR) is 78.0 cm³/mol. The normalized spacial score (nSPS) is 15.8. The lowest BCUT2D eigenvalue weighted by molar-refractivity contribution is -0.386. The van der Waals surface area contributed by atoms with Gasteiger partial charge < -0.3 is 9.64 Å². The van der Waals surface area contributed by atoms with Crippen LogP contribution in [0, 0.1) is 17.0 Å². The van der Waals surface area contributed by atoms with Crippen LogP contribution in [0.25, 0.3) is 5.57 Å². The van der Waals surface area contributed by atoms with Crippen molar-refractivity contribution in [3.8, 4) is 0 Å². The molecule has 108 valence electrons. The van der Waals surface area contributed by atoms with Crippen LogP contribution in [-0.2, 0) is 4.74 Å². The van der Waals surface area contributed by atoms with E-state index in [1.807, 2.05) is 0 Å². The Bertz CT molecular complexity index is 535. The Hall–Kier alpha value is -1.95. The van der Waals surface area contributed by atoms with Gasteiger partial charge in [0.05, 0.1) is 11.5 Å². The number of aromatic nitrogens is 1. The highest BCUT2D eigenvalue weighted by Gasteiger charge is 2.23. The van der Waals surface area contributed by atoms with Gasteiger partial charge in [0.2, 0.25) is 0 Å². The topological polar surface area (TPSA) is 68.5 Å². The largest absolute Gasteiger partial charge is 0.380 e. The molecule has 1 aliphatic heterocycles. The van der Waals surface area contributed by atoms with Crippen LogP contribution < -0.4 is 4.90 Å². The molecule has 6 nitrogen and oxygen atoms in total. The average Bonchev–Trinajstić information content (AvgIpc) is 2.65. The molecule has 2 rings (SSSR count). The second-order valence-corrected chi connectivity index (χ2v) is 4.98. The molecule has 20 heavy (non-hydrogen) atoms. The van der Waals surface area contributed by atoms with Gasteiger partial charge in [-0.05, 0) is 31.9 Å². The molecule has 0 unspecified atom stereocenters. The zero-order valence-electron chi connectivity index (χ0n) is 11.9. The third-order valence-electron chi connectivity index (χ3n) is 3.30. The number of hydrogen-bond acceptors (Lipinski definition) is 5. The molecular formula is C14H19N3O3. The lowest BCUT2D eigenvalue weighted by atomic mass is 10.1. The molecule has 0 atom stereocenters. The molecule has 1 aromatic rings. The van der Waals surface area contributed by atoms with Crippen LogP contribution in [-0.4, -0.2) is 36.2 Å². The summed E-state index contributed by atoms with van der Waals surface area (Å²) in [4.78, 5) is 17.3. The quantitative estimate of drug-likeness (QED) is 0.627. The number of hydrogen-bond donors (Lipinski definition) is 0. The fourth-order valence-electron chi connectivity index (χ4n) is 2.31. The maximum Gasteiger partial charge on any atom is 0.298 e. The molecule has 2 heterocycles. The summed E-state index contributed by atoms with van der Waals surface area (Å²) in [6.45, 7) is 10.3. The Kier molecular flexibility index (Phi) is 4.34. The van der Waals surface area contributed by atoms with Gasteiger partial charge in [0.25, 0.3) is 5.69 Å². The Morgan fingerprint density at radius 2 is 2.25 bits per heavy atom. The molecule has 0 bridgehead atoms. The summed E-state index contributed by atoms with van der Waals surface area (Å²) in [5.41, 5.74) is 1.64. The van der Waals surface area contributed by atoms with Crippen LogP contribution in [0.1, 0.15) is 24.6 Å². The van der Waals surface area contributed by atoms with Gasteiger partial charge in [-0.3, -0.25) is 10.1 Å². The van der Waals surface area contributed by atoms with Crippen molar-refractivity contribution >= 4 is 17.1 Å². The van der Waals surface area contributed by atoms with E-state index < -0.39 is 0 Å². The molecule has 0 amide bonds. The van der Waals surface area contributed by atoms with Crippen molar-refractivity contribution in [3.05, 3.63) is 34.0 Å². The first-order valence-electron chi connectivity index (χ1n) is 6.65. The molecule has 0 aliphatic carbocycles. The van der Waals surface area contributed by atoms with E-state index in [1.165, 1.54) is 0 Å². The number of nitro groups is 1. The van der Waals surface area contributed by atoms with Crippen LogP contribution >= 0.6 is 0 Å². The van der Waals surface area contributed by atoms with Crippen molar-refractivity contribution in [2.45, 2.75) is 20.3 Å². The van der Waals surface area contributed by atoms with Gasteiger partial charge in [-0.1, -0.05) is 6.58 Å². The van der Waals surface area contributed by atoms with Crippen molar-refractivity contribution in [1.29, 1.82) is 0 Å². The minimum atomic E-state index is -0.387. The molecule has 0 saturated carbocycles. The maximum absolute atomic E-state index is 11.2. The summed E-state index contributed by atoms with van der Waals surface area (Å²) in [5.74, 6) is 0.761. The number of anilines is 1. The summed E-state index contributed by atoms with van der Waals surface area (Å²) in [7, 11) is 0. The minimum Gasteiger partial charge on any atom is -0.380 e. The van der Waals surface area contributed by atoms with Gasteiger partial charge >= 0.3 is 0 Å². The second kappa shape index (κ2) is 6.00. The lowest BCUT2D eigenvalue weighted by Gasteiger charge is -2.22. The predicted octanol–water partition coefficient (Wildman–Crippen LogP) is 2.56. The highest BCUT2D eigenvalue weighted by molar-refractivity contribution is 5.70. The number of aryl methyl sites for hydroxylation is 1. The van der Waals surface area contributed by atoms with Gasteiger partial charge in [-0.25, -0.2) is 4.98 Å². The second-order valence-electron chi connectivity index (χ2n) is 4.98. The van der Waals surface area contributed by atoms with Gasteiger partial charge in [0, 0.05) is 25.3 Å². The first-order chi connectivity index (χ1) is 9.50. The van der Waals surface area contributed by atoms with Gasteiger partial charge in [-0.15, -0.1) is 0 Å². The molecule has 0 spiro atoms. The van der Waals surface area contributed by atoms with Crippen LogP contribution in [0.3, 0.4) is 0 Å². The van der Waals surface area contributed by atoms with Crippen molar-refractivity contribution in [2.24, 2.45) is 0 Å². The lowest BCUT2D eigenvalue weighted by Crippen LogP contribution is -2.27. The molecule has 1 aromatic heterocycles. The standard InChI is InChI=1S/C14H19N3O3/c1-10(2)13-14(17(18)19)11(3)9-12(15-13)16-5-4-7-20-8-6-16/h9H,1,4-8H2,2-3H3. The summed E-state index contributed by atoms with van der Waals surface area (Å²) in [6.07, 6.45) is 0.931. The Morgan fingerprint density at radius 1 is 1.50 bits per heavy atom. The van der Waals surface area contributed by atoms with Crippen molar-refractivity contribution < 1.29 is 9.66 Å². The smallest absolute Gasteiger partial charge is 0.298 e. The summed E-state index contributed by atoms with van der Waals surface area (Å²) in [6, 6.07) is 1.77. The van der Waals surface area contributed by atoms with Crippen LogP contribution in [0.4, 0.5) is 11.5 Å². The Labute approximate surface area is 118 Å². The third-order valence-corrected chi connectivity index (χ3v) is 3.30. The van der Waals surface area contributed by atoms with Crippen molar-refractivity contribution in [2.75, 3.05) is 31.2 Å². The van der Waals surface area contributed by atoms with Gasteiger partial charge in [-0.2, -0.15) is 0 Å². The van der Waals surface area contributed by atoms with E-state index in [0.717, 1.165) is 31.9 Å². The molecule has 1 fully saturated rings. The number of nitrogens with zero attached hydrogens (tertiary/aromatic N) is 3. The summed E-state index contributed by atoms with van der Waals surface area (Å²) < 4.78 is 5.42. The van der Waals surface area contributed by atoms with Crippen molar-refractivity contribution in [1.82, 2.24) is 4.98 Å². The highest BCUT2D eigenvalue weighted by atomic mass is 16.6. The van der Waals surface area contributed by atoms with Gasteiger partial charge in [0.1, 0.15) is 11.5 Å². The summed E-state index contributed by atoms with van der Waals surface area (Å²) in [5, 5.41) is 11.2. The molecule has 6 heteroatoms. The fraction of sp³-hybridized carbons (Fsp3) is 0.500. The Balaban J connectivity index is 2.45. The number of pyridine rings is 1. The molecule has 0 aromatic carbocycles. The first-order valence-corrected chi connectivity index (χ1v) is 6.65. The van der Waals surface area contributed by atoms with E-state index in [0.29, 0.717) is 23.4 Å². The van der Waals surface area contributed by atoms with E-state index in [-0.39, 0.29) is 10.6 Å². The maximum atomic E-state index is 11.2. The fourth-order valence-corrected chi connectivity index (χ4v) is 2.31. The van der Waals surface area contributed by atoms with Crippen molar-refractivity contribution in [3.63, 3.8) is 0 Å². The van der Waals surface area contributed by atoms with E-state index in [4.69, 9.17) is 4.74 Å². The zero-order valence-corrected chi connectivity index (χ0v) is 11.9. The molecule has 0 N–H and O–H groups in total. The molecule has 1 saturated heterocycles. The van der Waals surface area contributed by atoms with E-state index in [9.17, 15) is 10.1 Å². The SMILES string of the molecule is C=C(C)c1nc(N2CCCOCC2)cc(C)c1[N+](=O)[O-]. The molecule has 0 radical (unpaired) electrons. The van der Waals surface area contributed by atoms with E-state index in [1.54, 1.807) is 19.9 Å². The van der Waals surface area contributed by atoms with Crippen LogP contribution in [0.15, 0.2) is 12.6 Å². The van der Waals surface area contributed by atoms with Crippen LogP contribution in [0.2, 0.25) is 0 Å². The monoisotopic (exact) mass is 277 g/mol. The average molecular weight is 277 g/mol.